The van der Waals surface area contributed by atoms with E-state index in [9.17, 15) is 13.2 Å². The SMILES string of the molecule is CC(C)N(Cc1cnn(C)c1)S(=O)(=O)c1ccc2c(c1)oc(=O)n2C. The number of aromatic nitrogens is 3. The molecule has 3 rings (SSSR count). The van der Waals surface area contributed by atoms with E-state index in [1.165, 1.54) is 21.0 Å². The van der Waals surface area contributed by atoms with Crippen LogP contribution < -0.4 is 5.76 Å². The van der Waals surface area contributed by atoms with Crippen LogP contribution in [-0.4, -0.2) is 33.1 Å². The smallest absolute Gasteiger partial charge is 0.408 e. The van der Waals surface area contributed by atoms with Gasteiger partial charge in [0.1, 0.15) is 0 Å². The lowest BCUT2D eigenvalue weighted by Crippen LogP contribution is -2.36. The minimum Gasteiger partial charge on any atom is -0.408 e. The van der Waals surface area contributed by atoms with Crippen molar-refractivity contribution in [2.45, 2.75) is 31.3 Å². The van der Waals surface area contributed by atoms with E-state index in [2.05, 4.69) is 5.10 Å². The Labute approximate surface area is 145 Å². The van der Waals surface area contributed by atoms with Gasteiger partial charge in [0.05, 0.1) is 16.6 Å². The first-order chi connectivity index (χ1) is 11.7. The molecule has 0 aliphatic rings. The van der Waals surface area contributed by atoms with Crippen molar-refractivity contribution < 1.29 is 12.8 Å². The van der Waals surface area contributed by atoms with Gasteiger partial charge < -0.3 is 4.42 Å². The van der Waals surface area contributed by atoms with E-state index >= 15 is 0 Å². The Morgan fingerprint density at radius 1 is 1.28 bits per heavy atom. The van der Waals surface area contributed by atoms with E-state index in [0.717, 1.165) is 5.56 Å². The average molecular weight is 364 g/mol. The van der Waals surface area contributed by atoms with Gasteiger partial charge in [-0.25, -0.2) is 13.2 Å². The van der Waals surface area contributed by atoms with Crippen LogP contribution >= 0.6 is 0 Å². The quantitative estimate of drug-likeness (QED) is 0.684. The van der Waals surface area contributed by atoms with Gasteiger partial charge >= 0.3 is 5.76 Å². The molecule has 8 nitrogen and oxygen atoms in total. The second-order valence-corrected chi connectivity index (χ2v) is 8.11. The highest BCUT2D eigenvalue weighted by molar-refractivity contribution is 7.89. The third kappa shape index (κ3) is 3.12. The summed E-state index contributed by atoms with van der Waals surface area (Å²) in [6, 6.07) is 4.22. The number of sulfonamides is 1. The van der Waals surface area contributed by atoms with Crippen LogP contribution in [0.3, 0.4) is 0 Å². The predicted octanol–water partition coefficient (Wildman–Crippen LogP) is 1.46. The van der Waals surface area contributed by atoms with E-state index in [1.807, 2.05) is 13.8 Å². The molecule has 0 radical (unpaired) electrons. The minimum atomic E-state index is -3.76. The number of benzene rings is 1. The lowest BCUT2D eigenvalue weighted by molar-refractivity contribution is 0.348. The number of hydrogen-bond donors (Lipinski definition) is 0. The van der Waals surface area contributed by atoms with Crippen molar-refractivity contribution in [2.75, 3.05) is 0 Å². The van der Waals surface area contributed by atoms with Gasteiger partial charge in [-0.2, -0.15) is 9.40 Å². The molecule has 0 aliphatic carbocycles. The highest BCUT2D eigenvalue weighted by Gasteiger charge is 2.28. The van der Waals surface area contributed by atoms with Crippen LogP contribution in [0.4, 0.5) is 0 Å². The molecule has 2 aromatic heterocycles. The molecule has 0 saturated heterocycles. The van der Waals surface area contributed by atoms with Crippen LogP contribution in [0.1, 0.15) is 19.4 Å². The van der Waals surface area contributed by atoms with Gasteiger partial charge in [-0.05, 0) is 26.0 Å². The van der Waals surface area contributed by atoms with Gasteiger partial charge in [0.25, 0.3) is 0 Å². The lowest BCUT2D eigenvalue weighted by atomic mass is 10.3. The van der Waals surface area contributed by atoms with Gasteiger partial charge in [-0.3, -0.25) is 9.25 Å². The average Bonchev–Trinajstić information content (AvgIpc) is 3.08. The summed E-state index contributed by atoms with van der Waals surface area (Å²) in [5.41, 5.74) is 1.60. The van der Waals surface area contributed by atoms with Gasteiger partial charge in [-0.15, -0.1) is 0 Å². The van der Waals surface area contributed by atoms with Crippen LogP contribution in [0.15, 0.2) is 44.7 Å². The second kappa shape index (κ2) is 6.16. The minimum absolute atomic E-state index is 0.0898. The molecule has 0 fully saturated rings. The number of oxazole rings is 1. The van der Waals surface area contributed by atoms with E-state index in [1.54, 1.807) is 37.2 Å². The van der Waals surface area contributed by atoms with Crippen LogP contribution in [0.2, 0.25) is 0 Å². The van der Waals surface area contributed by atoms with Crippen molar-refractivity contribution >= 4 is 21.1 Å². The van der Waals surface area contributed by atoms with Crippen molar-refractivity contribution in [2.24, 2.45) is 14.1 Å². The van der Waals surface area contributed by atoms with Crippen molar-refractivity contribution in [1.82, 2.24) is 18.7 Å². The molecule has 2 heterocycles. The normalized spacial score (nSPS) is 12.6. The summed E-state index contributed by atoms with van der Waals surface area (Å²) in [5, 5.41) is 4.08. The molecule has 0 unspecified atom stereocenters. The van der Waals surface area contributed by atoms with Crippen LogP contribution in [0.5, 0.6) is 0 Å². The Morgan fingerprint density at radius 3 is 2.60 bits per heavy atom. The molecule has 134 valence electrons. The van der Waals surface area contributed by atoms with Crippen molar-refractivity contribution in [1.29, 1.82) is 0 Å². The highest BCUT2D eigenvalue weighted by atomic mass is 32.2. The second-order valence-electron chi connectivity index (χ2n) is 6.22. The predicted molar refractivity (Wildman–Crippen MR) is 92.5 cm³/mol. The molecule has 25 heavy (non-hydrogen) atoms. The fourth-order valence-electron chi connectivity index (χ4n) is 2.69. The first-order valence-corrected chi connectivity index (χ1v) is 9.23. The fraction of sp³-hybridized carbons (Fsp3) is 0.375. The molecule has 1 aromatic carbocycles. The number of nitrogens with zero attached hydrogens (tertiary/aromatic N) is 4. The number of fused-ring (bicyclic) bond motifs is 1. The summed E-state index contributed by atoms with van der Waals surface area (Å²) in [6.45, 7) is 3.84. The highest BCUT2D eigenvalue weighted by Crippen LogP contribution is 2.24. The third-order valence-electron chi connectivity index (χ3n) is 4.04. The zero-order valence-corrected chi connectivity index (χ0v) is 15.3. The van der Waals surface area contributed by atoms with Crippen molar-refractivity contribution in [3.8, 4) is 0 Å². The largest absolute Gasteiger partial charge is 0.419 e. The molecule has 0 aliphatic heterocycles. The monoisotopic (exact) mass is 364 g/mol. The number of rotatable bonds is 5. The molecule has 0 bridgehead atoms. The number of hydrogen-bond acceptors (Lipinski definition) is 5. The molecule has 0 spiro atoms. The van der Waals surface area contributed by atoms with E-state index in [0.29, 0.717) is 5.52 Å². The molecule has 0 atom stereocenters. The van der Waals surface area contributed by atoms with Crippen LogP contribution in [0.25, 0.3) is 11.1 Å². The van der Waals surface area contributed by atoms with Gasteiger partial charge in [0.2, 0.25) is 10.0 Å². The standard InChI is InChI=1S/C16H20N4O4S/c1-11(2)20(10-12-8-17-18(3)9-12)25(22,23)13-5-6-14-15(7-13)24-16(21)19(14)4/h5-9,11H,10H2,1-4H3. The van der Waals surface area contributed by atoms with Gasteiger partial charge in [0, 0.05) is 44.5 Å². The topological polar surface area (TPSA) is 90.3 Å². The van der Waals surface area contributed by atoms with E-state index in [4.69, 9.17) is 4.42 Å². The Bertz CT molecular complexity index is 1080. The summed E-state index contributed by atoms with van der Waals surface area (Å²) in [4.78, 5) is 11.7. The van der Waals surface area contributed by atoms with Crippen LogP contribution in [0, 0.1) is 0 Å². The first-order valence-electron chi connectivity index (χ1n) is 7.79. The summed E-state index contributed by atoms with van der Waals surface area (Å²) in [7, 11) is -0.404. The van der Waals surface area contributed by atoms with E-state index < -0.39 is 15.8 Å². The molecule has 9 heteroatoms. The maximum Gasteiger partial charge on any atom is 0.419 e. The maximum atomic E-state index is 13.1. The van der Waals surface area contributed by atoms with Crippen LogP contribution in [-0.2, 0) is 30.7 Å². The molecule has 0 amide bonds. The summed E-state index contributed by atoms with van der Waals surface area (Å²) >= 11 is 0. The molecule has 3 aromatic rings. The number of aryl methyl sites for hydroxylation is 2. The lowest BCUT2D eigenvalue weighted by Gasteiger charge is -2.25. The molecule has 0 saturated carbocycles. The Balaban J connectivity index is 2.04. The zero-order valence-electron chi connectivity index (χ0n) is 14.5. The van der Waals surface area contributed by atoms with Gasteiger partial charge in [-0.1, -0.05) is 0 Å². The van der Waals surface area contributed by atoms with E-state index in [-0.39, 0.29) is 23.1 Å². The Hall–Kier alpha value is -2.39. The Morgan fingerprint density at radius 2 is 2.00 bits per heavy atom. The summed E-state index contributed by atoms with van der Waals surface area (Å²) in [5.74, 6) is -0.527. The molecular formula is C16H20N4O4S. The molecular weight excluding hydrogens is 344 g/mol. The first kappa shape index (κ1) is 17.4. The van der Waals surface area contributed by atoms with Gasteiger partial charge in [0.15, 0.2) is 5.58 Å². The zero-order chi connectivity index (χ0) is 18.4. The van der Waals surface area contributed by atoms with Crippen molar-refractivity contribution in [3.63, 3.8) is 0 Å². The van der Waals surface area contributed by atoms with Crippen molar-refractivity contribution in [3.05, 3.63) is 46.7 Å². The fourth-order valence-corrected chi connectivity index (χ4v) is 4.33. The Kier molecular flexibility index (Phi) is 4.29. The maximum absolute atomic E-state index is 13.1. The summed E-state index contributed by atoms with van der Waals surface area (Å²) in [6.07, 6.45) is 3.43. The summed E-state index contributed by atoms with van der Waals surface area (Å²) < 4.78 is 35.7. The third-order valence-corrected chi connectivity index (χ3v) is 6.06. The molecule has 0 N–H and O–H groups in total.